The number of phenols is 1. The van der Waals surface area contributed by atoms with Gasteiger partial charge in [-0.15, -0.1) is 0 Å². The molecule has 1 aromatic rings. The van der Waals surface area contributed by atoms with Crippen LogP contribution in [0.5, 0.6) is 11.5 Å². The van der Waals surface area contributed by atoms with Crippen molar-refractivity contribution < 1.29 is 9.84 Å². The molecule has 0 saturated carbocycles. The molecule has 0 atom stereocenters. The highest BCUT2D eigenvalue weighted by atomic mass is 16.5. The van der Waals surface area contributed by atoms with Crippen LogP contribution in [0, 0.1) is 0 Å². The number of rotatable bonds is 6. The number of benzene rings is 1. The van der Waals surface area contributed by atoms with Gasteiger partial charge in [-0.25, -0.2) is 0 Å². The molecular formula is C15H25NO2. The summed E-state index contributed by atoms with van der Waals surface area (Å²) in [5.41, 5.74) is 1.03. The second-order valence-corrected chi connectivity index (χ2v) is 5.22. The molecular weight excluding hydrogens is 226 g/mol. The molecule has 0 aliphatic carbocycles. The van der Waals surface area contributed by atoms with E-state index in [1.807, 2.05) is 19.1 Å². The van der Waals surface area contributed by atoms with Crippen molar-refractivity contribution >= 4 is 0 Å². The fourth-order valence-corrected chi connectivity index (χ4v) is 1.71. The fraction of sp³-hybridized carbons (Fsp3) is 0.600. The van der Waals surface area contributed by atoms with Crippen molar-refractivity contribution in [2.24, 2.45) is 0 Å². The Morgan fingerprint density at radius 1 is 1.28 bits per heavy atom. The first-order valence-corrected chi connectivity index (χ1v) is 6.57. The second kappa shape index (κ2) is 6.10. The van der Waals surface area contributed by atoms with Gasteiger partial charge in [0.2, 0.25) is 0 Å². The predicted octanol–water partition coefficient (Wildman–Crippen LogP) is 3.41. The average Bonchev–Trinajstić information content (AvgIpc) is 2.34. The molecule has 0 fully saturated rings. The molecule has 0 saturated heterocycles. The third-order valence-electron chi connectivity index (χ3n) is 3.69. The van der Waals surface area contributed by atoms with Gasteiger partial charge in [0, 0.05) is 17.6 Å². The Morgan fingerprint density at radius 2 is 1.94 bits per heavy atom. The van der Waals surface area contributed by atoms with Crippen molar-refractivity contribution in [2.45, 2.75) is 46.2 Å². The number of hydrogen-bond donors (Lipinski definition) is 1. The first kappa shape index (κ1) is 14.8. The fourth-order valence-electron chi connectivity index (χ4n) is 1.71. The summed E-state index contributed by atoms with van der Waals surface area (Å²) in [5.74, 6) is 0.829. The van der Waals surface area contributed by atoms with E-state index in [4.69, 9.17) is 4.74 Å². The summed E-state index contributed by atoms with van der Waals surface area (Å²) in [7, 11) is 2.08. The van der Waals surface area contributed by atoms with Crippen molar-refractivity contribution in [2.75, 3.05) is 13.7 Å². The highest BCUT2D eigenvalue weighted by Gasteiger charge is 2.22. The summed E-state index contributed by atoms with van der Waals surface area (Å²) in [5, 5.41) is 10.2. The van der Waals surface area contributed by atoms with Gasteiger partial charge in [-0.05, 0) is 40.3 Å². The zero-order chi connectivity index (χ0) is 13.8. The minimum absolute atomic E-state index is 0.119. The third kappa shape index (κ3) is 3.39. The second-order valence-electron chi connectivity index (χ2n) is 5.22. The third-order valence-corrected chi connectivity index (χ3v) is 3.69. The van der Waals surface area contributed by atoms with E-state index in [0.29, 0.717) is 18.9 Å². The van der Waals surface area contributed by atoms with Crippen LogP contribution in [-0.2, 0) is 6.54 Å². The van der Waals surface area contributed by atoms with E-state index in [1.54, 1.807) is 6.07 Å². The standard InChI is InChI=1S/C15H25NO2/c1-6-15(3,4)16(5)11-12-9-8-10-13(14(12)17)18-7-2/h8-10,17H,6-7,11H2,1-5H3. The van der Waals surface area contributed by atoms with Gasteiger partial charge in [-0.3, -0.25) is 4.90 Å². The van der Waals surface area contributed by atoms with Crippen molar-refractivity contribution in [1.82, 2.24) is 4.90 Å². The van der Waals surface area contributed by atoms with Crippen LogP contribution < -0.4 is 4.74 Å². The van der Waals surface area contributed by atoms with Gasteiger partial charge < -0.3 is 9.84 Å². The SMILES string of the molecule is CCOc1cccc(CN(C)C(C)(C)CC)c1O. The van der Waals surface area contributed by atoms with Gasteiger partial charge in [-0.1, -0.05) is 19.1 Å². The first-order chi connectivity index (χ1) is 8.42. The van der Waals surface area contributed by atoms with E-state index >= 15 is 0 Å². The highest BCUT2D eigenvalue weighted by molar-refractivity contribution is 5.45. The molecule has 3 nitrogen and oxygen atoms in total. The van der Waals surface area contributed by atoms with Gasteiger partial charge in [0.15, 0.2) is 11.5 Å². The topological polar surface area (TPSA) is 32.7 Å². The van der Waals surface area contributed by atoms with Crippen molar-refractivity contribution in [3.05, 3.63) is 23.8 Å². The van der Waals surface area contributed by atoms with Gasteiger partial charge in [0.05, 0.1) is 6.61 Å². The Kier molecular flexibility index (Phi) is 5.03. The molecule has 0 spiro atoms. The largest absolute Gasteiger partial charge is 0.504 e. The lowest BCUT2D eigenvalue weighted by Crippen LogP contribution is -2.39. The maximum atomic E-state index is 10.2. The Hall–Kier alpha value is -1.22. The molecule has 0 amide bonds. The van der Waals surface area contributed by atoms with Crippen LogP contribution >= 0.6 is 0 Å². The maximum Gasteiger partial charge on any atom is 0.162 e. The van der Waals surface area contributed by atoms with E-state index in [0.717, 1.165) is 12.0 Å². The molecule has 1 N–H and O–H groups in total. The lowest BCUT2D eigenvalue weighted by Gasteiger charge is -2.35. The quantitative estimate of drug-likeness (QED) is 0.841. The summed E-state index contributed by atoms with van der Waals surface area (Å²) in [4.78, 5) is 2.25. The zero-order valence-electron chi connectivity index (χ0n) is 12.2. The van der Waals surface area contributed by atoms with E-state index in [2.05, 4.69) is 32.7 Å². The summed E-state index contributed by atoms with van der Waals surface area (Å²) >= 11 is 0. The molecule has 3 heteroatoms. The zero-order valence-corrected chi connectivity index (χ0v) is 12.2. The number of nitrogens with zero attached hydrogens (tertiary/aromatic N) is 1. The Morgan fingerprint density at radius 3 is 2.50 bits per heavy atom. The number of ether oxygens (including phenoxy) is 1. The molecule has 1 aromatic carbocycles. The summed E-state index contributed by atoms with van der Waals surface area (Å²) in [6, 6.07) is 5.67. The molecule has 0 unspecified atom stereocenters. The molecule has 0 aromatic heterocycles. The lowest BCUT2D eigenvalue weighted by atomic mass is 9.99. The smallest absolute Gasteiger partial charge is 0.162 e. The Labute approximate surface area is 110 Å². The van der Waals surface area contributed by atoms with Gasteiger partial charge in [0.25, 0.3) is 0 Å². The minimum atomic E-state index is 0.119. The van der Waals surface area contributed by atoms with E-state index in [-0.39, 0.29) is 11.3 Å². The van der Waals surface area contributed by atoms with Gasteiger partial charge in [-0.2, -0.15) is 0 Å². The lowest BCUT2D eigenvalue weighted by molar-refractivity contribution is 0.141. The summed E-state index contributed by atoms with van der Waals surface area (Å²) in [6.07, 6.45) is 1.06. The molecule has 0 aliphatic rings. The van der Waals surface area contributed by atoms with Gasteiger partial charge >= 0.3 is 0 Å². The number of hydrogen-bond acceptors (Lipinski definition) is 3. The highest BCUT2D eigenvalue weighted by Crippen LogP contribution is 2.31. The number of aromatic hydroxyl groups is 1. The Balaban J connectivity index is 2.88. The van der Waals surface area contributed by atoms with Crippen molar-refractivity contribution in [3.8, 4) is 11.5 Å². The van der Waals surface area contributed by atoms with Crippen LogP contribution in [0.1, 0.15) is 39.7 Å². The van der Waals surface area contributed by atoms with Crippen molar-refractivity contribution in [1.29, 1.82) is 0 Å². The molecule has 0 aliphatic heterocycles. The monoisotopic (exact) mass is 251 g/mol. The van der Waals surface area contributed by atoms with E-state index in [9.17, 15) is 5.11 Å². The van der Waals surface area contributed by atoms with Crippen LogP contribution in [0.4, 0.5) is 0 Å². The van der Waals surface area contributed by atoms with Crippen LogP contribution in [0.15, 0.2) is 18.2 Å². The molecule has 102 valence electrons. The average molecular weight is 251 g/mol. The number of phenolic OH excluding ortho intramolecular Hbond substituents is 1. The summed E-state index contributed by atoms with van der Waals surface area (Å²) in [6.45, 7) is 9.78. The summed E-state index contributed by atoms with van der Waals surface area (Å²) < 4.78 is 5.40. The van der Waals surface area contributed by atoms with Gasteiger partial charge in [0.1, 0.15) is 0 Å². The van der Waals surface area contributed by atoms with Crippen LogP contribution in [0.25, 0.3) is 0 Å². The van der Waals surface area contributed by atoms with Crippen molar-refractivity contribution in [3.63, 3.8) is 0 Å². The van der Waals surface area contributed by atoms with E-state index < -0.39 is 0 Å². The number of para-hydroxylation sites is 1. The molecule has 0 bridgehead atoms. The molecule has 18 heavy (non-hydrogen) atoms. The minimum Gasteiger partial charge on any atom is -0.504 e. The van der Waals surface area contributed by atoms with Crippen LogP contribution in [-0.4, -0.2) is 29.2 Å². The van der Waals surface area contributed by atoms with Crippen LogP contribution in [0.2, 0.25) is 0 Å². The maximum absolute atomic E-state index is 10.2. The van der Waals surface area contributed by atoms with E-state index in [1.165, 1.54) is 0 Å². The first-order valence-electron chi connectivity index (χ1n) is 6.57. The van der Waals surface area contributed by atoms with Crippen LogP contribution in [0.3, 0.4) is 0 Å². The Bertz CT molecular complexity index is 388. The normalized spacial score (nSPS) is 11.9. The molecule has 1 rings (SSSR count). The predicted molar refractivity (Wildman–Crippen MR) is 75.1 cm³/mol. The molecule has 0 heterocycles. The molecule has 0 radical (unpaired) electrons.